The molecule has 4 nitrogen and oxygen atoms in total. The van der Waals surface area contributed by atoms with E-state index in [0.717, 1.165) is 48.9 Å². The highest BCUT2D eigenvalue weighted by molar-refractivity contribution is 6.02. The van der Waals surface area contributed by atoms with Crippen LogP contribution in [0.2, 0.25) is 0 Å². The van der Waals surface area contributed by atoms with Crippen LogP contribution in [-0.4, -0.2) is 23.8 Å². The third kappa shape index (κ3) is 2.33. The summed E-state index contributed by atoms with van der Waals surface area (Å²) in [4.78, 5) is 26.2. The molecule has 0 aromatic heterocycles. The second kappa shape index (κ2) is 5.17. The molecule has 0 radical (unpaired) electrons. The zero-order valence-electron chi connectivity index (χ0n) is 12.7. The normalized spacial score (nSPS) is 20.1. The van der Waals surface area contributed by atoms with Crippen molar-refractivity contribution < 1.29 is 9.59 Å². The fraction of sp³-hybridized carbons (Fsp3) is 0.529. The van der Waals surface area contributed by atoms with Gasteiger partial charge in [0.2, 0.25) is 0 Å². The molecule has 1 N–H and O–H groups in total. The molecule has 0 bridgehead atoms. The van der Waals surface area contributed by atoms with E-state index in [1.165, 1.54) is 0 Å². The van der Waals surface area contributed by atoms with Crippen molar-refractivity contribution in [1.29, 1.82) is 0 Å². The fourth-order valence-corrected chi connectivity index (χ4v) is 3.62. The van der Waals surface area contributed by atoms with Gasteiger partial charge in [0, 0.05) is 30.3 Å². The lowest BCUT2D eigenvalue weighted by molar-refractivity contribution is 0.0791. The van der Waals surface area contributed by atoms with E-state index in [1.807, 2.05) is 18.2 Å². The lowest BCUT2D eigenvalue weighted by atomic mass is 9.76. The number of carbonyl (C=O) groups is 2. The highest BCUT2D eigenvalue weighted by Crippen LogP contribution is 2.43. The Morgan fingerprint density at radius 1 is 1.33 bits per heavy atom. The lowest BCUT2D eigenvalue weighted by Crippen LogP contribution is -2.35. The molecule has 1 aliphatic carbocycles. The topological polar surface area (TPSA) is 49.4 Å². The first-order valence-electron chi connectivity index (χ1n) is 7.75. The first-order chi connectivity index (χ1) is 10.1. The van der Waals surface area contributed by atoms with Crippen LogP contribution < -0.4 is 5.32 Å². The second-order valence-electron chi connectivity index (χ2n) is 6.33. The second-order valence-corrected chi connectivity index (χ2v) is 6.33. The number of hydrogen-bond donors (Lipinski definition) is 1. The molecule has 21 heavy (non-hydrogen) atoms. The van der Waals surface area contributed by atoms with Gasteiger partial charge < -0.3 is 10.2 Å². The van der Waals surface area contributed by atoms with Crippen LogP contribution in [0, 0.1) is 5.41 Å². The van der Waals surface area contributed by atoms with Crippen molar-refractivity contribution in [1.82, 2.24) is 4.90 Å². The molecule has 1 saturated carbocycles. The lowest BCUT2D eigenvalue weighted by Gasteiger charge is -2.28. The van der Waals surface area contributed by atoms with Crippen LogP contribution >= 0.6 is 0 Å². The van der Waals surface area contributed by atoms with E-state index in [1.54, 1.807) is 11.9 Å². The molecular weight excluding hydrogens is 264 g/mol. The Bertz CT molecular complexity index is 588. The van der Waals surface area contributed by atoms with Crippen molar-refractivity contribution in [2.24, 2.45) is 5.41 Å². The summed E-state index contributed by atoms with van der Waals surface area (Å²) in [6.45, 7) is 2.68. The summed E-state index contributed by atoms with van der Waals surface area (Å²) >= 11 is 0. The van der Waals surface area contributed by atoms with Crippen molar-refractivity contribution in [2.45, 2.75) is 45.6 Å². The van der Waals surface area contributed by atoms with E-state index in [2.05, 4.69) is 12.2 Å². The molecule has 4 heteroatoms. The third-order valence-electron chi connectivity index (χ3n) is 5.08. The predicted octanol–water partition coefficient (Wildman–Crippen LogP) is 3.82. The molecule has 3 rings (SSSR count). The number of urea groups is 1. The first-order valence-corrected chi connectivity index (χ1v) is 7.75. The predicted molar refractivity (Wildman–Crippen MR) is 82.5 cm³/mol. The molecule has 1 aromatic rings. The number of amides is 2. The minimum absolute atomic E-state index is 0.0950. The Kier molecular flexibility index (Phi) is 3.47. The highest BCUT2D eigenvalue weighted by atomic mass is 16.2. The van der Waals surface area contributed by atoms with Gasteiger partial charge in [0.1, 0.15) is 0 Å². The van der Waals surface area contributed by atoms with E-state index >= 15 is 0 Å². The summed E-state index contributed by atoms with van der Waals surface area (Å²) in [5.41, 5.74) is 2.48. The Morgan fingerprint density at radius 2 is 2.05 bits per heavy atom. The maximum Gasteiger partial charge on any atom is 0.321 e. The average Bonchev–Trinajstić information content (AvgIpc) is 2.97. The summed E-state index contributed by atoms with van der Waals surface area (Å²) in [6.07, 6.45) is 5.25. The number of ketones is 1. The average molecular weight is 286 g/mol. The van der Waals surface area contributed by atoms with Crippen LogP contribution in [0.15, 0.2) is 18.2 Å². The van der Waals surface area contributed by atoms with Gasteiger partial charge in [-0.05, 0) is 43.0 Å². The van der Waals surface area contributed by atoms with Crippen LogP contribution in [0.25, 0.3) is 0 Å². The number of benzene rings is 1. The molecule has 0 spiro atoms. The Hall–Kier alpha value is -1.84. The highest BCUT2D eigenvalue weighted by Gasteiger charge is 2.39. The SMILES string of the molecule is CCC1(C(=O)c2ccc3c(c2)CN(C)C(=O)N3)CCCC1. The quantitative estimate of drug-likeness (QED) is 0.859. The van der Waals surface area contributed by atoms with Crippen LogP contribution in [0.3, 0.4) is 0 Å². The van der Waals surface area contributed by atoms with E-state index in [9.17, 15) is 9.59 Å². The van der Waals surface area contributed by atoms with Gasteiger partial charge in [-0.2, -0.15) is 0 Å². The van der Waals surface area contributed by atoms with Gasteiger partial charge in [-0.1, -0.05) is 19.8 Å². The number of hydrogen-bond acceptors (Lipinski definition) is 2. The summed E-state index contributed by atoms with van der Waals surface area (Å²) in [6, 6.07) is 5.60. The largest absolute Gasteiger partial charge is 0.323 e. The van der Waals surface area contributed by atoms with E-state index in [4.69, 9.17) is 0 Å². The molecule has 2 aliphatic rings. The molecule has 1 heterocycles. The van der Waals surface area contributed by atoms with Crippen LogP contribution in [0.1, 0.15) is 54.9 Å². The summed E-state index contributed by atoms with van der Waals surface area (Å²) < 4.78 is 0. The van der Waals surface area contributed by atoms with Gasteiger partial charge in [0.25, 0.3) is 0 Å². The zero-order valence-corrected chi connectivity index (χ0v) is 12.7. The van der Waals surface area contributed by atoms with Crippen LogP contribution in [-0.2, 0) is 6.54 Å². The minimum Gasteiger partial charge on any atom is -0.323 e. The summed E-state index contributed by atoms with van der Waals surface area (Å²) in [7, 11) is 1.76. The third-order valence-corrected chi connectivity index (χ3v) is 5.08. The molecule has 0 atom stereocenters. The number of nitrogens with one attached hydrogen (secondary N) is 1. The molecule has 112 valence electrons. The fourth-order valence-electron chi connectivity index (χ4n) is 3.62. The van der Waals surface area contributed by atoms with Crippen molar-refractivity contribution in [3.05, 3.63) is 29.3 Å². The monoisotopic (exact) mass is 286 g/mol. The maximum absolute atomic E-state index is 12.9. The zero-order chi connectivity index (χ0) is 15.0. The maximum atomic E-state index is 12.9. The van der Waals surface area contributed by atoms with Crippen molar-refractivity contribution in [3.8, 4) is 0 Å². The van der Waals surface area contributed by atoms with Crippen molar-refractivity contribution in [3.63, 3.8) is 0 Å². The number of fused-ring (bicyclic) bond motifs is 1. The molecule has 0 unspecified atom stereocenters. The standard InChI is InChI=1S/C17H22N2O2/c1-3-17(8-4-5-9-17)15(20)12-6-7-14-13(10-12)11-19(2)16(21)18-14/h6-7,10H,3-5,8-9,11H2,1-2H3,(H,18,21). The van der Waals surface area contributed by atoms with Gasteiger partial charge >= 0.3 is 6.03 Å². The molecule has 1 fully saturated rings. The number of anilines is 1. The van der Waals surface area contributed by atoms with Crippen molar-refractivity contribution >= 4 is 17.5 Å². The van der Waals surface area contributed by atoms with Gasteiger partial charge in [-0.3, -0.25) is 4.79 Å². The van der Waals surface area contributed by atoms with Gasteiger partial charge in [0.15, 0.2) is 5.78 Å². The minimum atomic E-state index is -0.155. The van der Waals surface area contributed by atoms with Crippen molar-refractivity contribution in [2.75, 3.05) is 12.4 Å². The first kappa shape index (κ1) is 14.1. The number of Topliss-reactive ketones (excluding diaryl/α,β-unsaturated/α-hetero) is 1. The van der Waals surface area contributed by atoms with Gasteiger partial charge in [-0.15, -0.1) is 0 Å². The molecule has 0 saturated heterocycles. The number of nitrogens with zero attached hydrogens (tertiary/aromatic N) is 1. The van der Waals surface area contributed by atoms with E-state index in [-0.39, 0.29) is 17.2 Å². The molecular formula is C17H22N2O2. The molecule has 1 aromatic carbocycles. The van der Waals surface area contributed by atoms with E-state index < -0.39 is 0 Å². The number of rotatable bonds is 3. The molecule has 2 amide bonds. The Labute approximate surface area is 125 Å². The number of carbonyl (C=O) groups excluding carboxylic acids is 2. The summed E-state index contributed by atoms with van der Waals surface area (Å²) in [5.74, 6) is 0.282. The van der Waals surface area contributed by atoms with Crippen LogP contribution in [0.4, 0.5) is 10.5 Å². The van der Waals surface area contributed by atoms with Gasteiger partial charge in [0.05, 0.1) is 0 Å². The molecule has 1 aliphatic heterocycles. The van der Waals surface area contributed by atoms with Gasteiger partial charge in [-0.25, -0.2) is 4.79 Å². The van der Waals surface area contributed by atoms with Crippen LogP contribution in [0.5, 0.6) is 0 Å². The van der Waals surface area contributed by atoms with E-state index in [0.29, 0.717) is 6.54 Å². The Morgan fingerprint density at radius 3 is 2.71 bits per heavy atom. The smallest absolute Gasteiger partial charge is 0.321 e. The summed E-state index contributed by atoms with van der Waals surface area (Å²) in [5, 5.41) is 2.84. The Balaban J connectivity index is 1.92.